The van der Waals surface area contributed by atoms with Gasteiger partial charge in [-0.15, -0.1) is 0 Å². The van der Waals surface area contributed by atoms with Crippen LogP contribution in [-0.2, 0) is 6.54 Å². The summed E-state index contributed by atoms with van der Waals surface area (Å²) in [6, 6.07) is 4.67. The summed E-state index contributed by atoms with van der Waals surface area (Å²) in [5.74, 6) is 1.53. The van der Waals surface area contributed by atoms with Crippen molar-refractivity contribution >= 4 is 5.96 Å². The molecule has 0 radical (unpaired) electrons. The molecule has 6 heteroatoms. The number of nitrogens with zero attached hydrogens (tertiary/aromatic N) is 3. The molecule has 1 aliphatic heterocycles. The molecule has 2 heterocycles. The van der Waals surface area contributed by atoms with Crippen molar-refractivity contribution < 1.29 is 4.74 Å². The molecule has 0 bridgehead atoms. The second-order valence-electron chi connectivity index (χ2n) is 6.79. The van der Waals surface area contributed by atoms with Gasteiger partial charge in [0.1, 0.15) is 0 Å². The van der Waals surface area contributed by atoms with Gasteiger partial charge in [-0.05, 0) is 58.2 Å². The molecule has 1 atom stereocenters. The van der Waals surface area contributed by atoms with Gasteiger partial charge in [-0.2, -0.15) is 0 Å². The average molecular weight is 362 g/mol. The Kier molecular flexibility index (Phi) is 9.24. The lowest BCUT2D eigenvalue weighted by molar-refractivity contribution is 0.159. The van der Waals surface area contributed by atoms with Crippen LogP contribution < -0.4 is 15.4 Å². The molecule has 2 N–H and O–H groups in total. The third-order valence-electron chi connectivity index (χ3n) is 4.71. The van der Waals surface area contributed by atoms with Gasteiger partial charge in [0.15, 0.2) is 5.96 Å². The minimum absolute atomic E-state index is 0.612. The maximum Gasteiger partial charge on any atom is 0.213 e. The minimum atomic E-state index is 0.612. The fourth-order valence-corrected chi connectivity index (χ4v) is 3.27. The van der Waals surface area contributed by atoms with Crippen LogP contribution >= 0.6 is 0 Å². The van der Waals surface area contributed by atoms with E-state index >= 15 is 0 Å². The molecule has 146 valence electrons. The highest BCUT2D eigenvalue weighted by molar-refractivity contribution is 5.79. The molecule has 26 heavy (non-hydrogen) atoms. The van der Waals surface area contributed by atoms with E-state index in [1.165, 1.54) is 25.8 Å². The van der Waals surface area contributed by atoms with Gasteiger partial charge < -0.3 is 20.3 Å². The second kappa shape index (κ2) is 11.7. The molecular formula is C20H35N5O. The largest absolute Gasteiger partial charge is 0.478 e. The molecule has 1 aromatic heterocycles. The Morgan fingerprint density at radius 1 is 1.35 bits per heavy atom. The fourth-order valence-electron chi connectivity index (χ4n) is 3.27. The van der Waals surface area contributed by atoms with Crippen LogP contribution in [0.1, 0.15) is 52.0 Å². The molecule has 1 aromatic rings. The lowest BCUT2D eigenvalue weighted by Crippen LogP contribution is -2.41. The first kappa shape index (κ1) is 20.5. The van der Waals surface area contributed by atoms with Crippen LogP contribution in [0.15, 0.2) is 23.3 Å². The minimum Gasteiger partial charge on any atom is -0.478 e. The highest BCUT2D eigenvalue weighted by Gasteiger charge is 2.17. The van der Waals surface area contributed by atoms with Gasteiger partial charge in [0.2, 0.25) is 5.88 Å². The third kappa shape index (κ3) is 7.20. The molecule has 6 nitrogen and oxygen atoms in total. The number of likely N-dealkylation sites (tertiary alicyclic amines) is 1. The predicted molar refractivity (Wildman–Crippen MR) is 108 cm³/mol. The number of pyridine rings is 1. The molecule has 1 unspecified atom stereocenters. The first-order valence-corrected chi connectivity index (χ1v) is 10.1. The van der Waals surface area contributed by atoms with Crippen molar-refractivity contribution in [1.82, 2.24) is 20.5 Å². The number of nitrogens with one attached hydrogen (secondary N) is 2. The van der Waals surface area contributed by atoms with Crippen LogP contribution in [-0.4, -0.2) is 54.7 Å². The Balaban J connectivity index is 1.77. The van der Waals surface area contributed by atoms with E-state index in [1.54, 1.807) is 6.20 Å². The highest BCUT2D eigenvalue weighted by Crippen LogP contribution is 2.16. The summed E-state index contributed by atoms with van der Waals surface area (Å²) >= 11 is 0. The standard InChI is InChI=1S/C20H35N5O/c1-4-21-20(23-11-8-14-25-13-7-6-9-17(25)3)24-16-18-10-12-22-19(15-18)26-5-2/h10,12,15,17H,4-9,11,13-14,16H2,1-3H3,(H2,21,23,24). The lowest BCUT2D eigenvalue weighted by Gasteiger charge is -2.33. The van der Waals surface area contributed by atoms with E-state index in [0.29, 0.717) is 19.0 Å². The number of ether oxygens (including phenoxy) is 1. The number of hydrogen-bond donors (Lipinski definition) is 2. The molecule has 2 rings (SSSR count). The lowest BCUT2D eigenvalue weighted by atomic mass is 10.0. The summed E-state index contributed by atoms with van der Waals surface area (Å²) in [6.45, 7) is 11.8. The fraction of sp³-hybridized carbons (Fsp3) is 0.700. The van der Waals surface area contributed by atoms with Gasteiger partial charge in [0, 0.05) is 37.9 Å². The molecule has 0 aliphatic carbocycles. The average Bonchev–Trinajstić information content (AvgIpc) is 2.65. The molecule has 1 saturated heterocycles. The summed E-state index contributed by atoms with van der Waals surface area (Å²) in [5.41, 5.74) is 1.10. The van der Waals surface area contributed by atoms with Gasteiger partial charge in [0.25, 0.3) is 0 Å². The first-order valence-electron chi connectivity index (χ1n) is 10.1. The van der Waals surface area contributed by atoms with E-state index in [1.807, 2.05) is 19.1 Å². The van der Waals surface area contributed by atoms with Gasteiger partial charge in [-0.25, -0.2) is 9.98 Å². The zero-order valence-electron chi connectivity index (χ0n) is 16.6. The Morgan fingerprint density at radius 3 is 3.00 bits per heavy atom. The number of aliphatic imine (C=N–C) groups is 1. The van der Waals surface area contributed by atoms with E-state index in [2.05, 4.69) is 39.4 Å². The number of hydrogen-bond acceptors (Lipinski definition) is 4. The van der Waals surface area contributed by atoms with Crippen LogP contribution in [0.4, 0.5) is 0 Å². The van der Waals surface area contributed by atoms with Crippen LogP contribution in [0.25, 0.3) is 0 Å². The van der Waals surface area contributed by atoms with Crippen molar-refractivity contribution in [2.75, 3.05) is 32.8 Å². The number of piperidine rings is 1. The molecule has 0 spiro atoms. The van der Waals surface area contributed by atoms with Crippen molar-refractivity contribution in [3.8, 4) is 5.88 Å². The van der Waals surface area contributed by atoms with Crippen LogP contribution in [0.3, 0.4) is 0 Å². The van der Waals surface area contributed by atoms with Gasteiger partial charge in [0.05, 0.1) is 13.2 Å². The predicted octanol–water partition coefficient (Wildman–Crippen LogP) is 2.80. The van der Waals surface area contributed by atoms with E-state index in [0.717, 1.165) is 43.6 Å². The number of aromatic nitrogens is 1. The summed E-state index contributed by atoms with van der Waals surface area (Å²) in [6.07, 6.45) is 6.98. The molecule has 0 amide bonds. The van der Waals surface area contributed by atoms with Crippen LogP contribution in [0.2, 0.25) is 0 Å². The zero-order valence-corrected chi connectivity index (χ0v) is 16.6. The summed E-state index contributed by atoms with van der Waals surface area (Å²) in [4.78, 5) is 11.5. The monoisotopic (exact) mass is 361 g/mol. The Hall–Kier alpha value is -1.82. The Bertz CT molecular complexity index is 549. The normalized spacial score (nSPS) is 18.6. The molecule has 1 aliphatic rings. The van der Waals surface area contributed by atoms with Gasteiger partial charge in [-0.1, -0.05) is 6.42 Å². The zero-order chi connectivity index (χ0) is 18.6. The van der Waals surface area contributed by atoms with Gasteiger partial charge >= 0.3 is 0 Å². The maximum atomic E-state index is 5.45. The second-order valence-corrected chi connectivity index (χ2v) is 6.79. The molecular weight excluding hydrogens is 326 g/mol. The summed E-state index contributed by atoms with van der Waals surface area (Å²) < 4.78 is 5.45. The number of guanidine groups is 1. The highest BCUT2D eigenvalue weighted by atomic mass is 16.5. The first-order chi connectivity index (χ1) is 12.7. The molecule has 0 saturated carbocycles. The van der Waals surface area contributed by atoms with Crippen molar-refractivity contribution in [2.45, 2.75) is 59.0 Å². The summed E-state index contributed by atoms with van der Waals surface area (Å²) in [5, 5.41) is 6.77. The van der Waals surface area contributed by atoms with Crippen molar-refractivity contribution in [3.05, 3.63) is 23.9 Å². The molecule has 1 fully saturated rings. The third-order valence-corrected chi connectivity index (χ3v) is 4.71. The van der Waals surface area contributed by atoms with Gasteiger partial charge in [-0.3, -0.25) is 0 Å². The smallest absolute Gasteiger partial charge is 0.213 e. The van der Waals surface area contributed by atoms with Crippen molar-refractivity contribution in [3.63, 3.8) is 0 Å². The van der Waals surface area contributed by atoms with E-state index in [9.17, 15) is 0 Å². The quantitative estimate of drug-likeness (QED) is 0.402. The van der Waals surface area contributed by atoms with Crippen LogP contribution in [0, 0.1) is 0 Å². The Labute approximate surface area is 158 Å². The topological polar surface area (TPSA) is 61.8 Å². The maximum absolute atomic E-state index is 5.45. The van der Waals surface area contributed by atoms with Crippen molar-refractivity contribution in [1.29, 1.82) is 0 Å². The van der Waals surface area contributed by atoms with Crippen molar-refractivity contribution in [2.24, 2.45) is 4.99 Å². The summed E-state index contributed by atoms with van der Waals surface area (Å²) in [7, 11) is 0. The SMILES string of the molecule is CCNC(=NCc1ccnc(OCC)c1)NCCCN1CCCCC1C. The van der Waals surface area contributed by atoms with E-state index in [4.69, 9.17) is 4.74 Å². The van der Waals surface area contributed by atoms with E-state index in [-0.39, 0.29) is 0 Å². The van der Waals surface area contributed by atoms with Crippen LogP contribution in [0.5, 0.6) is 5.88 Å². The number of rotatable bonds is 9. The molecule has 0 aromatic carbocycles. The Morgan fingerprint density at radius 2 is 2.23 bits per heavy atom. The van der Waals surface area contributed by atoms with E-state index < -0.39 is 0 Å².